The average molecular weight is 272 g/mol. The van der Waals surface area contributed by atoms with Crippen LogP contribution in [0.4, 0.5) is 13.2 Å². The molecule has 1 unspecified atom stereocenters. The maximum atomic E-state index is 11.6. The summed E-state index contributed by atoms with van der Waals surface area (Å²) in [5.74, 6) is -0.287. The van der Waals surface area contributed by atoms with E-state index in [1.807, 2.05) is 0 Å². The number of nitrogens with two attached hydrogens (primary N) is 1. The van der Waals surface area contributed by atoms with Crippen molar-refractivity contribution < 1.29 is 47.8 Å². The predicted molar refractivity (Wildman–Crippen MR) is 53.8 cm³/mol. The molecule has 1 aliphatic carbocycles. The van der Waals surface area contributed by atoms with Crippen LogP contribution >= 0.6 is 12.4 Å². The Morgan fingerprint density at radius 2 is 1.44 bits per heavy atom. The van der Waals surface area contributed by atoms with Crippen molar-refractivity contribution >= 4 is 12.4 Å². The third-order valence-corrected chi connectivity index (χ3v) is 1.51. The van der Waals surface area contributed by atoms with E-state index in [0.717, 1.165) is 0 Å². The number of halogens is 4. The summed E-state index contributed by atoms with van der Waals surface area (Å²) in [6.45, 7) is 4.90. The van der Waals surface area contributed by atoms with Crippen molar-refractivity contribution in [2.24, 2.45) is 11.7 Å². The van der Waals surface area contributed by atoms with Crippen LogP contribution in [0.1, 0.15) is 33.6 Å². The first-order valence-corrected chi connectivity index (χ1v) is 4.54. The van der Waals surface area contributed by atoms with Crippen LogP contribution in [0.15, 0.2) is 0 Å². The van der Waals surface area contributed by atoms with E-state index >= 15 is 0 Å². The third-order valence-electron chi connectivity index (χ3n) is 1.51. The summed E-state index contributed by atoms with van der Waals surface area (Å²) in [6.07, 6.45) is -2.90. The number of hydrogen-bond acceptors (Lipinski definition) is 2. The van der Waals surface area contributed by atoms with Gasteiger partial charge in [-0.15, -0.1) is 18.0 Å². The van der Waals surface area contributed by atoms with Crippen molar-refractivity contribution in [1.82, 2.24) is 0 Å². The van der Waals surface area contributed by atoms with Crippen molar-refractivity contribution in [3.63, 3.8) is 0 Å². The van der Waals surface area contributed by atoms with Crippen molar-refractivity contribution in [3.8, 4) is 0 Å². The second-order valence-electron chi connectivity index (χ2n) is 4.52. The van der Waals surface area contributed by atoms with Crippen LogP contribution in [-0.2, 0) is 0 Å². The normalized spacial score (nSPS) is 17.2. The maximum Gasteiger partial charge on any atom is 1.00 e. The fourth-order valence-corrected chi connectivity index (χ4v) is 0.723. The van der Waals surface area contributed by atoms with Gasteiger partial charge >= 0.3 is 35.7 Å². The summed E-state index contributed by atoms with van der Waals surface area (Å²) in [4.78, 5) is 0. The van der Waals surface area contributed by atoms with Gasteiger partial charge in [0.1, 0.15) is 6.04 Å². The first-order valence-electron chi connectivity index (χ1n) is 4.54. The van der Waals surface area contributed by atoms with E-state index in [0.29, 0.717) is 12.8 Å². The Bertz CT molecular complexity index is 175. The van der Waals surface area contributed by atoms with Crippen molar-refractivity contribution in [2.45, 2.75) is 51.4 Å². The minimum atomic E-state index is -4.18. The van der Waals surface area contributed by atoms with Crippen molar-refractivity contribution in [2.75, 3.05) is 0 Å². The summed E-state index contributed by atoms with van der Waals surface area (Å²) in [7, 11) is 0. The molecule has 0 bridgehead atoms. The zero-order valence-corrected chi connectivity index (χ0v) is 12.9. The molecule has 7 heteroatoms. The standard InChI is InChI=1S/C5H8F3N.C4H9O.ClH.Na/c6-5(7,8)4(9)3-1-2-3;1-4(2,3)5;;/h3-4H,1-2,9H2;1-3H3;1H;/q;-1;;+1. The predicted octanol–water partition coefficient (Wildman–Crippen LogP) is -1.14. The smallest absolute Gasteiger partial charge is 0.850 e. The van der Waals surface area contributed by atoms with Gasteiger partial charge < -0.3 is 10.8 Å². The average Bonchev–Trinajstić information content (AvgIpc) is 2.59. The Morgan fingerprint density at radius 1 is 1.19 bits per heavy atom. The largest absolute Gasteiger partial charge is 1.00 e. The van der Waals surface area contributed by atoms with E-state index in [9.17, 15) is 18.3 Å². The van der Waals surface area contributed by atoms with E-state index in [2.05, 4.69) is 0 Å². The van der Waals surface area contributed by atoms with Crippen LogP contribution in [0.3, 0.4) is 0 Å². The van der Waals surface area contributed by atoms with Crippen LogP contribution in [0.5, 0.6) is 0 Å². The van der Waals surface area contributed by atoms with Crippen molar-refractivity contribution in [3.05, 3.63) is 0 Å². The SMILES string of the molecule is CC(C)(C)[O-].Cl.NC(C1CC1)C(F)(F)F.[Na+]. The molecule has 0 aromatic heterocycles. The quantitative estimate of drug-likeness (QED) is 0.613. The van der Waals surface area contributed by atoms with E-state index in [1.165, 1.54) is 0 Å². The summed E-state index contributed by atoms with van der Waals surface area (Å²) in [5, 5.41) is 10.1. The molecule has 1 aliphatic rings. The molecule has 1 atom stereocenters. The van der Waals surface area contributed by atoms with Crippen LogP contribution < -0.4 is 40.4 Å². The molecule has 0 spiro atoms. The molecule has 0 saturated heterocycles. The van der Waals surface area contributed by atoms with Gasteiger partial charge in [-0.1, -0.05) is 20.8 Å². The van der Waals surface area contributed by atoms with Gasteiger partial charge in [0.05, 0.1) is 0 Å². The van der Waals surface area contributed by atoms with Crippen LogP contribution in [-0.4, -0.2) is 17.8 Å². The zero-order chi connectivity index (χ0) is 11.6. The Hall–Kier alpha value is 1.00. The Morgan fingerprint density at radius 3 is 1.50 bits per heavy atom. The Kier molecular flexibility index (Phi) is 11.3. The van der Waals surface area contributed by atoms with E-state index < -0.39 is 17.8 Å². The molecule has 0 amide bonds. The fraction of sp³-hybridized carbons (Fsp3) is 1.00. The number of alkyl halides is 3. The second kappa shape index (κ2) is 8.16. The maximum absolute atomic E-state index is 11.6. The second-order valence-corrected chi connectivity index (χ2v) is 4.52. The van der Waals surface area contributed by atoms with Gasteiger partial charge in [-0.25, -0.2) is 0 Å². The van der Waals surface area contributed by atoms with E-state index in [1.54, 1.807) is 20.8 Å². The van der Waals surface area contributed by atoms with Crippen LogP contribution in [0.2, 0.25) is 0 Å². The molecular formula is C9H18ClF3NNaO. The summed E-state index contributed by atoms with van der Waals surface area (Å²) >= 11 is 0. The van der Waals surface area contributed by atoms with E-state index in [-0.39, 0.29) is 47.9 Å². The molecule has 1 fully saturated rings. The number of rotatable bonds is 1. The minimum absolute atomic E-state index is 0. The third kappa shape index (κ3) is 15.0. The molecule has 0 aliphatic heterocycles. The summed E-state index contributed by atoms with van der Waals surface area (Å²) in [6, 6.07) is -1.57. The minimum Gasteiger partial charge on any atom is -0.850 e. The van der Waals surface area contributed by atoms with Gasteiger partial charge in [0.15, 0.2) is 0 Å². The molecule has 0 heterocycles. The van der Waals surface area contributed by atoms with Gasteiger partial charge in [0, 0.05) is 0 Å². The summed E-state index contributed by atoms with van der Waals surface area (Å²) in [5.41, 5.74) is 4.08. The molecular weight excluding hydrogens is 254 g/mol. The van der Waals surface area contributed by atoms with Crippen LogP contribution in [0, 0.1) is 5.92 Å². The van der Waals surface area contributed by atoms with Gasteiger partial charge in [-0.2, -0.15) is 13.2 Å². The molecule has 94 valence electrons. The molecule has 0 aromatic carbocycles. The van der Waals surface area contributed by atoms with Crippen molar-refractivity contribution in [1.29, 1.82) is 0 Å². The molecule has 0 aromatic rings. The van der Waals surface area contributed by atoms with Gasteiger partial charge in [-0.3, -0.25) is 0 Å². The van der Waals surface area contributed by atoms with Gasteiger partial charge in [-0.05, 0) is 18.8 Å². The first kappa shape index (κ1) is 22.2. The number of hydrogen-bond donors (Lipinski definition) is 1. The van der Waals surface area contributed by atoms with Gasteiger partial charge in [0.25, 0.3) is 0 Å². The van der Waals surface area contributed by atoms with E-state index in [4.69, 9.17) is 5.73 Å². The first-order chi connectivity index (χ1) is 6.02. The fourth-order valence-electron chi connectivity index (χ4n) is 0.723. The molecule has 1 saturated carbocycles. The summed E-state index contributed by atoms with van der Waals surface area (Å²) < 4.78 is 34.8. The Balaban J connectivity index is -0.000000214. The molecule has 16 heavy (non-hydrogen) atoms. The van der Waals surface area contributed by atoms with Gasteiger partial charge in [0.2, 0.25) is 0 Å². The molecule has 0 radical (unpaired) electrons. The van der Waals surface area contributed by atoms with Crippen LogP contribution in [0.25, 0.3) is 0 Å². The molecule has 2 nitrogen and oxygen atoms in total. The topological polar surface area (TPSA) is 49.1 Å². The molecule has 1 rings (SSSR count). The molecule has 2 N–H and O–H groups in total. The Labute approximate surface area is 123 Å². The zero-order valence-electron chi connectivity index (χ0n) is 10.1. The monoisotopic (exact) mass is 271 g/mol.